The van der Waals surface area contributed by atoms with Crippen molar-refractivity contribution in [2.45, 2.75) is 13.8 Å². The highest BCUT2D eigenvalue weighted by Crippen LogP contribution is 2.26. The van der Waals surface area contributed by atoms with Gasteiger partial charge >= 0.3 is 0 Å². The molecule has 2 heterocycles. The van der Waals surface area contributed by atoms with Gasteiger partial charge in [0.25, 0.3) is 5.91 Å². The molecule has 1 N–H and O–H groups in total. The number of nitrogens with zero attached hydrogens (tertiary/aromatic N) is 3. The molecule has 146 valence electrons. The van der Waals surface area contributed by atoms with Crippen LogP contribution in [0.1, 0.15) is 22.8 Å². The molecule has 0 aliphatic carbocycles. The molecular weight excluding hydrogens is 348 g/mol. The van der Waals surface area contributed by atoms with Crippen molar-refractivity contribution in [3.8, 4) is 0 Å². The Bertz CT molecular complexity index is 999. The molecule has 0 unspecified atom stereocenters. The summed E-state index contributed by atoms with van der Waals surface area (Å²) in [4.78, 5) is 17.8. The Morgan fingerprint density at radius 3 is 2.54 bits per heavy atom. The quantitative estimate of drug-likeness (QED) is 0.751. The van der Waals surface area contributed by atoms with Gasteiger partial charge in [-0.05, 0) is 43.3 Å². The van der Waals surface area contributed by atoms with E-state index in [2.05, 4.69) is 41.1 Å². The summed E-state index contributed by atoms with van der Waals surface area (Å²) in [5, 5.41) is 4.05. The SMILES string of the molecule is CCN1CCN(c2ccc(NC(=O)c3cn(C)c4ccccc34)cc2C)CC1. The molecule has 4 rings (SSSR count). The second-order valence-electron chi connectivity index (χ2n) is 7.55. The fourth-order valence-electron chi connectivity index (χ4n) is 4.11. The normalized spacial score (nSPS) is 15.2. The lowest BCUT2D eigenvalue weighted by atomic mass is 10.1. The van der Waals surface area contributed by atoms with Gasteiger partial charge < -0.3 is 19.7 Å². The molecule has 1 amide bonds. The first kappa shape index (κ1) is 18.6. The molecule has 28 heavy (non-hydrogen) atoms. The Hall–Kier alpha value is -2.79. The van der Waals surface area contributed by atoms with Crippen LogP contribution in [0.5, 0.6) is 0 Å². The molecule has 1 aliphatic heterocycles. The largest absolute Gasteiger partial charge is 0.369 e. The van der Waals surface area contributed by atoms with Gasteiger partial charge in [-0.2, -0.15) is 0 Å². The number of para-hydroxylation sites is 1. The molecule has 1 aromatic heterocycles. The van der Waals surface area contributed by atoms with Crippen molar-refractivity contribution in [1.29, 1.82) is 0 Å². The number of hydrogen-bond donors (Lipinski definition) is 1. The van der Waals surface area contributed by atoms with Crippen molar-refractivity contribution < 1.29 is 4.79 Å². The Kier molecular flexibility index (Phi) is 5.09. The van der Waals surface area contributed by atoms with Gasteiger partial charge in [-0.1, -0.05) is 25.1 Å². The maximum Gasteiger partial charge on any atom is 0.257 e. The molecule has 5 nitrogen and oxygen atoms in total. The number of aryl methyl sites for hydroxylation is 2. The number of nitrogens with one attached hydrogen (secondary N) is 1. The van der Waals surface area contributed by atoms with Crippen molar-refractivity contribution >= 4 is 28.2 Å². The van der Waals surface area contributed by atoms with Crippen LogP contribution in [0.15, 0.2) is 48.7 Å². The van der Waals surface area contributed by atoms with E-state index < -0.39 is 0 Å². The first-order chi connectivity index (χ1) is 13.6. The average molecular weight is 377 g/mol. The van der Waals surface area contributed by atoms with E-state index in [1.807, 2.05) is 48.1 Å². The van der Waals surface area contributed by atoms with Crippen LogP contribution in [0.2, 0.25) is 0 Å². The molecular formula is C23H28N4O. The van der Waals surface area contributed by atoms with Gasteiger partial charge in [0.15, 0.2) is 0 Å². The van der Waals surface area contributed by atoms with E-state index in [1.54, 1.807) is 0 Å². The second-order valence-corrected chi connectivity index (χ2v) is 7.55. The van der Waals surface area contributed by atoms with Gasteiger partial charge in [0.05, 0.1) is 5.56 Å². The minimum Gasteiger partial charge on any atom is -0.369 e. The summed E-state index contributed by atoms with van der Waals surface area (Å²) in [5.74, 6) is -0.0690. The van der Waals surface area contributed by atoms with Crippen LogP contribution >= 0.6 is 0 Å². The van der Waals surface area contributed by atoms with Crippen molar-refractivity contribution in [2.24, 2.45) is 7.05 Å². The van der Waals surface area contributed by atoms with Crippen molar-refractivity contribution in [3.05, 3.63) is 59.8 Å². The van der Waals surface area contributed by atoms with E-state index in [4.69, 9.17) is 0 Å². The maximum absolute atomic E-state index is 12.9. The highest BCUT2D eigenvalue weighted by atomic mass is 16.1. The molecule has 1 fully saturated rings. The summed E-state index contributed by atoms with van der Waals surface area (Å²) in [5.41, 5.74) is 5.06. The summed E-state index contributed by atoms with van der Waals surface area (Å²) in [6.07, 6.45) is 1.90. The fourth-order valence-corrected chi connectivity index (χ4v) is 4.11. The summed E-state index contributed by atoms with van der Waals surface area (Å²) < 4.78 is 1.99. The molecule has 1 saturated heterocycles. The zero-order valence-electron chi connectivity index (χ0n) is 16.9. The number of likely N-dealkylation sites (N-methyl/N-ethyl adjacent to an activating group) is 1. The summed E-state index contributed by atoms with van der Waals surface area (Å²) >= 11 is 0. The molecule has 1 aliphatic rings. The van der Waals surface area contributed by atoms with E-state index in [1.165, 1.54) is 11.3 Å². The zero-order chi connectivity index (χ0) is 19.7. The number of amides is 1. The Balaban J connectivity index is 1.51. The second kappa shape index (κ2) is 7.68. The number of carbonyl (C=O) groups excluding carboxylic acids is 1. The first-order valence-corrected chi connectivity index (χ1v) is 10.00. The standard InChI is InChI=1S/C23H28N4O/c1-4-26-11-13-27(14-12-26)21-10-9-18(15-17(21)2)24-23(28)20-16-25(3)22-8-6-5-7-19(20)22/h5-10,15-16H,4,11-14H2,1-3H3,(H,24,28). The lowest BCUT2D eigenvalue weighted by Crippen LogP contribution is -2.46. The molecule has 0 saturated carbocycles. The van der Waals surface area contributed by atoms with Crippen LogP contribution in [-0.2, 0) is 7.05 Å². The van der Waals surface area contributed by atoms with Gasteiger partial charge in [0.2, 0.25) is 0 Å². The molecule has 2 aromatic carbocycles. The topological polar surface area (TPSA) is 40.5 Å². The van der Waals surface area contributed by atoms with Gasteiger partial charge in [0, 0.05) is 61.7 Å². The number of fused-ring (bicyclic) bond motifs is 1. The molecule has 5 heteroatoms. The molecule has 0 radical (unpaired) electrons. The van der Waals surface area contributed by atoms with Crippen LogP contribution in [0.3, 0.4) is 0 Å². The lowest BCUT2D eigenvalue weighted by molar-refractivity contribution is 0.102. The average Bonchev–Trinajstić information content (AvgIpc) is 3.05. The third-order valence-corrected chi connectivity index (χ3v) is 5.76. The van der Waals surface area contributed by atoms with Crippen molar-refractivity contribution in [3.63, 3.8) is 0 Å². The number of benzene rings is 2. The first-order valence-electron chi connectivity index (χ1n) is 10.00. The monoisotopic (exact) mass is 376 g/mol. The highest BCUT2D eigenvalue weighted by Gasteiger charge is 2.18. The number of hydrogen-bond acceptors (Lipinski definition) is 3. The number of carbonyl (C=O) groups is 1. The maximum atomic E-state index is 12.9. The molecule has 0 spiro atoms. The van der Waals surface area contributed by atoms with Gasteiger partial charge in [0.1, 0.15) is 0 Å². The van der Waals surface area contributed by atoms with Crippen LogP contribution in [0.25, 0.3) is 10.9 Å². The highest BCUT2D eigenvalue weighted by molar-refractivity contribution is 6.13. The number of anilines is 2. The molecule has 0 atom stereocenters. The predicted molar refractivity (Wildman–Crippen MR) is 116 cm³/mol. The van der Waals surface area contributed by atoms with Gasteiger partial charge in [-0.25, -0.2) is 0 Å². The smallest absolute Gasteiger partial charge is 0.257 e. The third-order valence-electron chi connectivity index (χ3n) is 5.76. The minimum absolute atomic E-state index is 0.0690. The van der Waals surface area contributed by atoms with E-state index in [-0.39, 0.29) is 5.91 Å². The Morgan fingerprint density at radius 1 is 1.07 bits per heavy atom. The van der Waals surface area contributed by atoms with Crippen LogP contribution < -0.4 is 10.2 Å². The van der Waals surface area contributed by atoms with E-state index in [9.17, 15) is 4.79 Å². The summed E-state index contributed by atoms with van der Waals surface area (Å²) in [6.45, 7) is 9.77. The Labute approximate surface area is 166 Å². The number of piperazine rings is 1. The minimum atomic E-state index is -0.0690. The summed E-state index contributed by atoms with van der Waals surface area (Å²) in [7, 11) is 1.97. The van der Waals surface area contributed by atoms with Crippen molar-refractivity contribution in [2.75, 3.05) is 42.9 Å². The van der Waals surface area contributed by atoms with Crippen LogP contribution in [0, 0.1) is 6.92 Å². The fraction of sp³-hybridized carbons (Fsp3) is 0.348. The zero-order valence-corrected chi connectivity index (χ0v) is 16.9. The lowest BCUT2D eigenvalue weighted by Gasteiger charge is -2.36. The summed E-state index contributed by atoms with van der Waals surface area (Å²) in [6, 6.07) is 14.2. The van der Waals surface area contributed by atoms with E-state index in [0.29, 0.717) is 5.56 Å². The van der Waals surface area contributed by atoms with Crippen LogP contribution in [0.4, 0.5) is 11.4 Å². The predicted octanol–water partition coefficient (Wildman–Crippen LogP) is 3.88. The Morgan fingerprint density at radius 2 is 1.82 bits per heavy atom. The molecule has 0 bridgehead atoms. The molecule has 3 aromatic rings. The number of rotatable bonds is 4. The van der Waals surface area contributed by atoms with Crippen LogP contribution in [-0.4, -0.2) is 48.1 Å². The number of aromatic nitrogens is 1. The van der Waals surface area contributed by atoms with Gasteiger partial charge in [-0.15, -0.1) is 0 Å². The van der Waals surface area contributed by atoms with E-state index in [0.717, 1.165) is 49.3 Å². The third kappa shape index (κ3) is 3.50. The van der Waals surface area contributed by atoms with E-state index >= 15 is 0 Å². The van der Waals surface area contributed by atoms with Crippen molar-refractivity contribution in [1.82, 2.24) is 9.47 Å². The van der Waals surface area contributed by atoms with Gasteiger partial charge in [-0.3, -0.25) is 4.79 Å².